The van der Waals surface area contributed by atoms with Crippen LogP contribution in [0.2, 0.25) is 5.02 Å². The Balaban J connectivity index is 1.65. The molecule has 3 aromatic carbocycles. The van der Waals surface area contributed by atoms with Gasteiger partial charge in [-0.2, -0.15) is 10.1 Å². The Hall–Kier alpha value is -4.11. The maximum atomic E-state index is 13.8. The Labute approximate surface area is 191 Å². The van der Waals surface area contributed by atoms with Gasteiger partial charge in [-0.25, -0.2) is 13.2 Å². The number of amides is 1. The van der Waals surface area contributed by atoms with E-state index in [2.05, 4.69) is 25.8 Å². The number of hydrogen-bond acceptors (Lipinski definition) is 3. The molecule has 0 fully saturated rings. The number of carbonyl (C=O) groups excluding carboxylic acids is 1. The minimum absolute atomic E-state index is 0.0517. The molecule has 1 amide bonds. The van der Waals surface area contributed by atoms with Gasteiger partial charge in [0.15, 0.2) is 5.82 Å². The Morgan fingerprint density at radius 1 is 0.909 bits per heavy atom. The number of rotatable bonds is 4. The fourth-order valence-corrected chi connectivity index (χ4v) is 3.14. The van der Waals surface area contributed by atoms with Gasteiger partial charge in [0.1, 0.15) is 17.5 Å². The molecule has 6 nitrogen and oxygen atoms in total. The molecule has 0 aliphatic rings. The van der Waals surface area contributed by atoms with Crippen LogP contribution in [0.3, 0.4) is 0 Å². The van der Waals surface area contributed by atoms with E-state index in [4.69, 9.17) is 11.6 Å². The molecule has 0 radical (unpaired) electrons. The lowest BCUT2D eigenvalue weighted by molar-refractivity contribution is 0.0976. The number of hydrogen-bond donors (Lipinski definition) is 3. The Morgan fingerprint density at radius 2 is 1.70 bits per heavy atom. The number of nitrogens with zero attached hydrogens (tertiary/aromatic N) is 2. The number of guanidine groups is 1. The number of aromatic nitrogens is 2. The summed E-state index contributed by atoms with van der Waals surface area (Å²) in [6.07, 6.45) is 0. The van der Waals surface area contributed by atoms with Crippen molar-refractivity contribution in [2.75, 3.05) is 5.32 Å². The summed E-state index contributed by atoms with van der Waals surface area (Å²) in [5.74, 6) is -2.15. The van der Waals surface area contributed by atoms with Crippen molar-refractivity contribution in [3.05, 3.63) is 101 Å². The maximum Gasteiger partial charge on any atom is 0.258 e. The van der Waals surface area contributed by atoms with Crippen molar-refractivity contribution in [2.24, 2.45) is 4.99 Å². The first kappa shape index (κ1) is 22.1. The number of carbonyl (C=O) groups is 1. The lowest BCUT2D eigenvalue weighted by atomic mass is 10.1. The zero-order valence-corrected chi connectivity index (χ0v) is 17.5. The van der Waals surface area contributed by atoms with Gasteiger partial charge in [0, 0.05) is 22.3 Å². The van der Waals surface area contributed by atoms with Crippen LogP contribution in [-0.4, -0.2) is 22.1 Å². The number of aliphatic imine (C=N–C) groups is 1. The molecule has 33 heavy (non-hydrogen) atoms. The van der Waals surface area contributed by atoms with Crippen molar-refractivity contribution in [3.8, 4) is 11.3 Å². The monoisotopic (exact) mass is 469 g/mol. The Bertz CT molecular complexity index is 1320. The largest absolute Gasteiger partial charge is 0.325 e. The molecule has 166 valence electrons. The highest BCUT2D eigenvalue weighted by molar-refractivity contribution is 6.31. The van der Waals surface area contributed by atoms with Gasteiger partial charge in [-0.1, -0.05) is 17.7 Å². The van der Waals surface area contributed by atoms with E-state index in [1.807, 2.05) is 0 Å². The summed E-state index contributed by atoms with van der Waals surface area (Å²) < 4.78 is 40.4. The molecule has 0 atom stereocenters. The van der Waals surface area contributed by atoms with Crippen LogP contribution in [0.1, 0.15) is 10.4 Å². The van der Waals surface area contributed by atoms with Gasteiger partial charge in [0.2, 0.25) is 5.96 Å². The summed E-state index contributed by atoms with van der Waals surface area (Å²) in [4.78, 5) is 16.9. The Kier molecular flexibility index (Phi) is 6.41. The van der Waals surface area contributed by atoms with E-state index >= 15 is 0 Å². The summed E-state index contributed by atoms with van der Waals surface area (Å²) in [6.45, 7) is 0. The summed E-state index contributed by atoms with van der Waals surface area (Å²) in [6, 6.07) is 16.1. The molecule has 0 aliphatic carbocycles. The summed E-state index contributed by atoms with van der Waals surface area (Å²) >= 11 is 5.90. The Morgan fingerprint density at radius 3 is 2.42 bits per heavy atom. The first-order chi connectivity index (χ1) is 15.9. The molecule has 0 unspecified atom stereocenters. The minimum Gasteiger partial charge on any atom is -0.325 e. The topological polar surface area (TPSA) is 82.2 Å². The number of nitrogens with one attached hydrogen (secondary N) is 3. The zero-order chi connectivity index (χ0) is 23.4. The molecule has 1 aromatic heterocycles. The van der Waals surface area contributed by atoms with Gasteiger partial charge in [0.25, 0.3) is 5.91 Å². The van der Waals surface area contributed by atoms with E-state index in [0.717, 1.165) is 18.2 Å². The number of H-pyrrole nitrogens is 1. The smallest absolute Gasteiger partial charge is 0.258 e. The summed E-state index contributed by atoms with van der Waals surface area (Å²) in [5, 5.41) is 12.3. The van der Waals surface area contributed by atoms with Crippen molar-refractivity contribution in [2.45, 2.75) is 0 Å². The van der Waals surface area contributed by atoms with E-state index in [0.29, 0.717) is 11.3 Å². The van der Waals surface area contributed by atoms with Gasteiger partial charge in [-0.3, -0.25) is 15.2 Å². The maximum absolute atomic E-state index is 13.8. The van der Waals surface area contributed by atoms with Crippen molar-refractivity contribution < 1.29 is 18.0 Å². The van der Waals surface area contributed by atoms with Crippen molar-refractivity contribution >= 4 is 35.0 Å². The molecule has 4 rings (SSSR count). The molecule has 0 bridgehead atoms. The molecule has 0 saturated heterocycles. The van der Waals surface area contributed by atoms with Crippen molar-refractivity contribution in [3.63, 3.8) is 0 Å². The third-order valence-corrected chi connectivity index (χ3v) is 4.61. The molecule has 4 aromatic rings. The predicted molar refractivity (Wildman–Crippen MR) is 120 cm³/mol. The second-order valence-corrected chi connectivity index (χ2v) is 7.29. The zero-order valence-electron chi connectivity index (χ0n) is 16.7. The quantitative estimate of drug-likeness (QED) is 0.266. The summed E-state index contributed by atoms with van der Waals surface area (Å²) in [5.41, 5.74) is 1.49. The third kappa shape index (κ3) is 5.78. The van der Waals surface area contributed by atoms with Crippen LogP contribution in [0.15, 0.2) is 77.8 Å². The van der Waals surface area contributed by atoms with Crippen LogP contribution >= 0.6 is 11.6 Å². The number of halogens is 4. The normalized spacial score (nSPS) is 11.3. The number of benzene rings is 3. The lowest BCUT2D eigenvalue weighted by Crippen LogP contribution is -2.35. The third-order valence-electron chi connectivity index (χ3n) is 4.39. The van der Waals surface area contributed by atoms with E-state index < -0.39 is 17.5 Å². The molecule has 0 aliphatic heterocycles. The fraction of sp³-hybridized carbons (Fsp3) is 0. The van der Waals surface area contributed by atoms with Crippen LogP contribution in [0, 0.1) is 17.5 Å². The SMILES string of the molecule is O=C(NC(=Nc1cc(-c2ccc(F)cc2)[nH]n1)Nc1cc(F)cc(Cl)c1)c1cccc(F)c1. The number of anilines is 1. The average molecular weight is 470 g/mol. The number of aromatic amines is 1. The molecule has 3 N–H and O–H groups in total. The molecular weight excluding hydrogens is 455 g/mol. The van der Waals surface area contributed by atoms with Crippen LogP contribution in [0.5, 0.6) is 0 Å². The summed E-state index contributed by atoms with van der Waals surface area (Å²) in [7, 11) is 0. The highest BCUT2D eigenvalue weighted by Crippen LogP contribution is 2.22. The first-order valence-electron chi connectivity index (χ1n) is 9.56. The standard InChI is InChI=1S/C23H15ClF3N5O/c24-15-9-18(27)11-19(10-15)28-23(30-22(33)14-2-1-3-17(26)8-14)29-21-12-20(31-32-21)13-4-6-16(25)7-5-13/h1-12H,(H3,28,29,30,31,32,33). The van der Waals surface area contributed by atoms with Crippen LogP contribution in [0.25, 0.3) is 11.3 Å². The molecule has 0 saturated carbocycles. The van der Waals surface area contributed by atoms with Crippen LogP contribution in [-0.2, 0) is 0 Å². The van der Waals surface area contributed by atoms with E-state index in [1.54, 1.807) is 18.2 Å². The van der Waals surface area contributed by atoms with Crippen molar-refractivity contribution in [1.82, 2.24) is 15.5 Å². The predicted octanol–water partition coefficient (Wildman–Crippen LogP) is 5.68. The first-order valence-corrected chi connectivity index (χ1v) is 9.93. The van der Waals surface area contributed by atoms with Gasteiger partial charge in [-0.05, 0) is 66.2 Å². The minimum atomic E-state index is -0.655. The van der Waals surface area contributed by atoms with Gasteiger partial charge >= 0.3 is 0 Å². The van der Waals surface area contributed by atoms with Crippen molar-refractivity contribution in [1.29, 1.82) is 0 Å². The molecule has 10 heteroatoms. The molecule has 0 spiro atoms. The van der Waals surface area contributed by atoms with E-state index in [9.17, 15) is 18.0 Å². The lowest BCUT2D eigenvalue weighted by Gasteiger charge is -2.12. The second kappa shape index (κ2) is 9.58. The van der Waals surface area contributed by atoms with Crippen LogP contribution in [0.4, 0.5) is 24.7 Å². The highest BCUT2D eigenvalue weighted by Gasteiger charge is 2.13. The molecule has 1 heterocycles. The fourth-order valence-electron chi connectivity index (χ4n) is 2.92. The second-order valence-electron chi connectivity index (χ2n) is 6.85. The van der Waals surface area contributed by atoms with E-state index in [1.165, 1.54) is 36.4 Å². The van der Waals surface area contributed by atoms with E-state index in [-0.39, 0.29) is 33.9 Å². The van der Waals surface area contributed by atoms with Crippen LogP contribution < -0.4 is 10.6 Å². The van der Waals surface area contributed by atoms with Gasteiger partial charge in [0.05, 0.1) is 5.69 Å². The highest BCUT2D eigenvalue weighted by atomic mass is 35.5. The average Bonchev–Trinajstić information content (AvgIpc) is 3.22. The van der Waals surface area contributed by atoms with Gasteiger partial charge in [-0.15, -0.1) is 0 Å². The van der Waals surface area contributed by atoms with Gasteiger partial charge < -0.3 is 5.32 Å². The molecular formula is C23H15ClF3N5O.